The molecule has 118 valence electrons. The van der Waals surface area contributed by atoms with Crippen LogP contribution in [0.15, 0.2) is 24.3 Å². The number of rotatable bonds is 4. The SMILES string of the molecule is O=C(Nc1ccc([N+](=O)[O-])cc1)N[C@H]1[C@H]2CC[C@@H](C2)[C@@H]1CO. The van der Waals surface area contributed by atoms with Gasteiger partial charge >= 0.3 is 6.03 Å². The summed E-state index contributed by atoms with van der Waals surface area (Å²) in [5.74, 6) is 1.10. The Bertz CT molecular complexity index is 575. The van der Waals surface area contributed by atoms with Crippen molar-refractivity contribution in [1.29, 1.82) is 0 Å². The van der Waals surface area contributed by atoms with E-state index in [9.17, 15) is 20.0 Å². The van der Waals surface area contributed by atoms with E-state index < -0.39 is 4.92 Å². The topological polar surface area (TPSA) is 104 Å². The lowest BCUT2D eigenvalue weighted by Crippen LogP contribution is -2.46. The number of nitrogens with one attached hydrogen (secondary N) is 2. The molecule has 0 spiro atoms. The summed E-state index contributed by atoms with van der Waals surface area (Å²) in [6.45, 7) is 0.101. The van der Waals surface area contributed by atoms with Crippen LogP contribution in [0.5, 0.6) is 0 Å². The van der Waals surface area contributed by atoms with E-state index >= 15 is 0 Å². The number of amides is 2. The number of hydrogen-bond donors (Lipinski definition) is 3. The highest BCUT2D eigenvalue weighted by atomic mass is 16.6. The second-order valence-corrected chi connectivity index (χ2v) is 6.11. The van der Waals surface area contributed by atoms with E-state index in [-0.39, 0.29) is 30.3 Å². The number of aliphatic hydroxyl groups excluding tert-OH is 1. The maximum atomic E-state index is 12.1. The van der Waals surface area contributed by atoms with Gasteiger partial charge in [0.15, 0.2) is 0 Å². The molecule has 7 nitrogen and oxygen atoms in total. The highest BCUT2D eigenvalue weighted by Gasteiger charge is 2.47. The second kappa shape index (κ2) is 5.92. The predicted octanol–water partition coefficient (Wildman–Crippen LogP) is 2.12. The van der Waals surface area contributed by atoms with Crippen LogP contribution < -0.4 is 10.6 Å². The highest BCUT2D eigenvalue weighted by Crippen LogP contribution is 2.48. The first-order chi connectivity index (χ1) is 10.6. The lowest BCUT2D eigenvalue weighted by Gasteiger charge is -2.30. The first-order valence-electron chi connectivity index (χ1n) is 7.51. The van der Waals surface area contributed by atoms with Crippen LogP contribution in [0, 0.1) is 27.9 Å². The second-order valence-electron chi connectivity index (χ2n) is 6.11. The lowest BCUT2D eigenvalue weighted by molar-refractivity contribution is -0.384. The molecule has 2 bridgehead atoms. The largest absolute Gasteiger partial charge is 0.396 e. The molecule has 1 aromatic rings. The summed E-state index contributed by atoms with van der Waals surface area (Å²) in [5.41, 5.74) is 0.492. The van der Waals surface area contributed by atoms with Crippen LogP contribution in [-0.4, -0.2) is 28.7 Å². The molecule has 2 fully saturated rings. The van der Waals surface area contributed by atoms with Crippen LogP contribution in [0.2, 0.25) is 0 Å². The molecule has 2 aliphatic carbocycles. The van der Waals surface area contributed by atoms with Gasteiger partial charge in [0.1, 0.15) is 0 Å². The van der Waals surface area contributed by atoms with Gasteiger partial charge in [-0.25, -0.2) is 4.79 Å². The van der Waals surface area contributed by atoms with Crippen molar-refractivity contribution in [3.05, 3.63) is 34.4 Å². The van der Waals surface area contributed by atoms with Crippen LogP contribution >= 0.6 is 0 Å². The number of hydrogen-bond acceptors (Lipinski definition) is 4. The Hall–Kier alpha value is -2.15. The summed E-state index contributed by atoms with van der Waals surface area (Å²) < 4.78 is 0. The van der Waals surface area contributed by atoms with Gasteiger partial charge in [0.25, 0.3) is 5.69 Å². The Morgan fingerprint density at radius 1 is 1.27 bits per heavy atom. The fraction of sp³-hybridized carbons (Fsp3) is 0.533. The smallest absolute Gasteiger partial charge is 0.319 e. The number of nitro benzene ring substituents is 1. The van der Waals surface area contributed by atoms with Gasteiger partial charge in [-0.15, -0.1) is 0 Å². The van der Waals surface area contributed by atoms with Crippen molar-refractivity contribution < 1.29 is 14.8 Å². The number of carbonyl (C=O) groups excluding carboxylic acids is 1. The highest BCUT2D eigenvalue weighted by molar-refractivity contribution is 5.89. The third kappa shape index (κ3) is 2.76. The first kappa shape index (κ1) is 14.8. The Labute approximate surface area is 127 Å². The summed E-state index contributed by atoms with van der Waals surface area (Å²) in [6.07, 6.45) is 3.31. The molecule has 0 unspecified atom stereocenters. The zero-order valence-corrected chi connectivity index (χ0v) is 12.1. The summed E-state index contributed by atoms with van der Waals surface area (Å²) in [6, 6.07) is 5.39. The van der Waals surface area contributed by atoms with Crippen LogP contribution in [0.1, 0.15) is 19.3 Å². The molecule has 0 radical (unpaired) electrons. The van der Waals surface area contributed by atoms with Gasteiger partial charge in [-0.05, 0) is 43.2 Å². The fourth-order valence-corrected chi connectivity index (χ4v) is 3.88. The summed E-state index contributed by atoms with van der Waals surface area (Å²) in [4.78, 5) is 22.2. The Morgan fingerprint density at radius 2 is 1.95 bits per heavy atom. The van der Waals surface area contributed by atoms with Gasteiger partial charge < -0.3 is 15.7 Å². The third-order valence-corrected chi connectivity index (χ3v) is 4.93. The molecule has 2 amide bonds. The molecule has 0 aliphatic heterocycles. The van der Waals surface area contributed by atoms with E-state index in [2.05, 4.69) is 10.6 Å². The minimum atomic E-state index is -0.481. The van der Waals surface area contributed by atoms with Crippen LogP contribution in [0.3, 0.4) is 0 Å². The molecule has 0 heterocycles. The zero-order valence-electron chi connectivity index (χ0n) is 12.1. The van der Waals surface area contributed by atoms with Crippen LogP contribution in [-0.2, 0) is 0 Å². The van der Waals surface area contributed by atoms with Gasteiger partial charge in [0.2, 0.25) is 0 Å². The van der Waals surface area contributed by atoms with Crippen molar-refractivity contribution in [2.45, 2.75) is 25.3 Å². The predicted molar refractivity (Wildman–Crippen MR) is 80.4 cm³/mol. The average molecular weight is 305 g/mol. The Balaban J connectivity index is 1.59. The molecule has 0 aromatic heterocycles. The molecule has 4 atom stereocenters. The fourth-order valence-electron chi connectivity index (χ4n) is 3.88. The van der Waals surface area contributed by atoms with Gasteiger partial charge in [0, 0.05) is 36.4 Å². The van der Waals surface area contributed by atoms with Crippen molar-refractivity contribution in [1.82, 2.24) is 5.32 Å². The number of benzene rings is 1. The molecule has 1 aromatic carbocycles. The van der Waals surface area contributed by atoms with Gasteiger partial charge in [-0.1, -0.05) is 0 Å². The van der Waals surface area contributed by atoms with E-state index in [0.29, 0.717) is 17.5 Å². The number of aliphatic hydroxyl groups is 1. The van der Waals surface area contributed by atoms with Crippen molar-refractivity contribution in [2.75, 3.05) is 11.9 Å². The molecule has 2 aliphatic rings. The monoisotopic (exact) mass is 305 g/mol. The van der Waals surface area contributed by atoms with Crippen molar-refractivity contribution in [3.8, 4) is 0 Å². The van der Waals surface area contributed by atoms with E-state index in [1.165, 1.54) is 24.3 Å². The number of carbonyl (C=O) groups is 1. The third-order valence-electron chi connectivity index (χ3n) is 4.93. The summed E-state index contributed by atoms with van der Waals surface area (Å²) >= 11 is 0. The zero-order chi connectivity index (χ0) is 15.7. The van der Waals surface area contributed by atoms with Crippen LogP contribution in [0.25, 0.3) is 0 Å². The van der Waals surface area contributed by atoms with Crippen molar-refractivity contribution >= 4 is 17.4 Å². The maximum absolute atomic E-state index is 12.1. The molecule has 3 rings (SSSR count). The quantitative estimate of drug-likeness (QED) is 0.585. The van der Waals surface area contributed by atoms with E-state index in [1.54, 1.807) is 0 Å². The molecular formula is C15H19N3O4. The Kier molecular flexibility index (Phi) is 3.98. The molecular weight excluding hydrogens is 286 g/mol. The normalized spacial score (nSPS) is 29.3. The van der Waals surface area contributed by atoms with E-state index in [0.717, 1.165) is 19.3 Å². The number of nitrogens with zero attached hydrogens (tertiary/aromatic N) is 1. The molecule has 22 heavy (non-hydrogen) atoms. The number of anilines is 1. The number of non-ortho nitro benzene ring substituents is 1. The van der Waals surface area contributed by atoms with Crippen molar-refractivity contribution in [3.63, 3.8) is 0 Å². The van der Waals surface area contributed by atoms with Crippen molar-refractivity contribution in [2.24, 2.45) is 17.8 Å². The number of nitro groups is 1. The summed E-state index contributed by atoms with van der Waals surface area (Å²) in [5, 5.41) is 25.7. The molecule has 2 saturated carbocycles. The molecule has 3 N–H and O–H groups in total. The number of urea groups is 1. The minimum absolute atomic E-state index is 0.0144. The van der Waals surface area contributed by atoms with Gasteiger partial charge in [0.05, 0.1) is 4.92 Å². The molecule has 0 saturated heterocycles. The van der Waals surface area contributed by atoms with E-state index in [1.807, 2.05) is 0 Å². The molecule has 7 heteroatoms. The first-order valence-corrected chi connectivity index (χ1v) is 7.51. The Morgan fingerprint density at radius 3 is 2.59 bits per heavy atom. The number of fused-ring (bicyclic) bond motifs is 2. The average Bonchev–Trinajstić information content (AvgIpc) is 3.08. The summed E-state index contributed by atoms with van der Waals surface area (Å²) in [7, 11) is 0. The lowest BCUT2D eigenvalue weighted by atomic mass is 9.85. The van der Waals surface area contributed by atoms with E-state index in [4.69, 9.17) is 0 Å². The van der Waals surface area contributed by atoms with Gasteiger partial charge in [-0.3, -0.25) is 10.1 Å². The standard InChI is InChI=1S/C15H19N3O4/c19-8-13-9-1-2-10(7-9)14(13)17-15(20)16-11-3-5-12(6-4-11)18(21)22/h3-6,9-10,13-14,19H,1-2,7-8H2,(H2,16,17,20)/t9-,10-,13-,14-/m0/s1. The van der Waals surface area contributed by atoms with Crippen LogP contribution in [0.4, 0.5) is 16.2 Å². The van der Waals surface area contributed by atoms with Gasteiger partial charge in [-0.2, -0.15) is 0 Å². The minimum Gasteiger partial charge on any atom is -0.396 e. The maximum Gasteiger partial charge on any atom is 0.319 e.